The third-order valence-electron chi connectivity index (χ3n) is 4.88. The van der Waals surface area contributed by atoms with E-state index in [2.05, 4.69) is 39.2 Å². The van der Waals surface area contributed by atoms with Gasteiger partial charge in [-0.05, 0) is 32.4 Å². The van der Waals surface area contributed by atoms with Gasteiger partial charge < -0.3 is 4.90 Å². The van der Waals surface area contributed by atoms with Crippen LogP contribution >= 0.6 is 22.7 Å². The highest BCUT2D eigenvalue weighted by Gasteiger charge is 2.46. The highest BCUT2D eigenvalue weighted by Crippen LogP contribution is 2.35. The fourth-order valence-corrected chi connectivity index (χ4v) is 5.36. The van der Waals surface area contributed by atoms with Gasteiger partial charge in [-0.25, -0.2) is 4.98 Å². The van der Waals surface area contributed by atoms with E-state index >= 15 is 0 Å². The number of rotatable bonds is 4. The molecule has 4 heterocycles. The first-order valence-corrected chi connectivity index (χ1v) is 9.79. The van der Waals surface area contributed by atoms with Crippen LogP contribution < -0.4 is 0 Å². The minimum Gasteiger partial charge on any atom is -0.332 e. The maximum atomic E-state index is 12.5. The summed E-state index contributed by atoms with van der Waals surface area (Å²) in [5.74, 6) is 0.290. The molecule has 0 N–H and O–H groups in total. The average molecular weight is 348 g/mol. The van der Waals surface area contributed by atoms with Crippen molar-refractivity contribution >= 4 is 28.6 Å². The number of thiophene rings is 1. The predicted octanol–water partition coefficient (Wildman–Crippen LogP) is 3.20. The third-order valence-corrected chi connectivity index (χ3v) is 6.69. The van der Waals surface area contributed by atoms with Crippen LogP contribution in [0.1, 0.15) is 33.3 Å². The summed E-state index contributed by atoms with van der Waals surface area (Å²) in [5.41, 5.74) is 1.04. The number of hydrogen-bond acceptors (Lipinski definition) is 5. The molecule has 2 atom stereocenters. The van der Waals surface area contributed by atoms with Crippen molar-refractivity contribution in [2.75, 3.05) is 6.54 Å². The van der Waals surface area contributed by atoms with Crippen molar-refractivity contribution in [2.45, 2.75) is 51.9 Å². The van der Waals surface area contributed by atoms with Crippen LogP contribution in [-0.4, -0.2) is 39.3 Å². The lowest BCUT2D eigenvalue weighted by molar-refractivity contribution is -0.129. The van der Waals surface area contributed by atoms with E-state index < -0.39 is 0 Å². The Morgan fingerprint density at radius 2 is 2.13 bits per heavy atom. The number of fused-ring (bicyclic) bond motifs is 1. The number of carbonyl (C=O) groups is 1. The van der Waals surface area contributed by atoms with Crippen molar-refractivity contribution < 1.29 is 4.79 Å². The molecule has 2 aromatic rings. The summed E-state index contributed by atoms with van der Waals surface area (Å²) in [5, 5.41) is 3.15. The Hall–Kier alpha value is -1.24. The maximum absolute atomic E-state index is 12.5. The van der Waals surface area contributed by atoms with E-state index in [1.165, 1.54) is 9.75 Å². The molecule has 2 aliphatic heterocycles. The largest absolute Gasteiger partial charge is 0.332 e. The number of hydrogen-bond donors (Lipinski definition) is 0. The smallest absolute Gasteiger partial charge is 0.224 e. The molecule has 0 aliphatic carbocycles. The normalized spacial score (nSPS) is 24.6. The number of amides is 1. The number of likely N-dealkylation sites (tertiary alicyclic amines) is 2. The third kappa shape index (κ3) is 2.95. The Balaban J connectivity index is 1.46. The molecule has 122 valence electrons. The van der Waals surface area contributed by atoms with Gasteiger partial charge in [-0.2, -0.15) is 0 Å². The van der Waals surface area contributed by atoms with E-state index in [1.807, 2.05) is 18.3 Å². The molecule has 1 amide bonds. The molecule has 0 spiro atoms. The molecule has 0 saturated carbocycles. The lowest BCUT2D eigenvalue weighted by Gasteiger charge is -2.24. The van der Waals surface area contributed by atoms with Crippen LogP contribution in [0.5, 0.6) is 0 Å². The number of nitrogens with zero attached hydrogens (tertiary/aromatic N) is 3. The Kier molecular flexibility index (Phi) is 3.99. The molecule has 0 radical (unpaired) electrons. The first-order chi connectivity index (χ1) is 11.1. The van der Waals surface area contributed by atoms with E-state index in [4.69, 9.17) is 0 Å². The van der Waals surface area contributed by atoms with Gasteiger partial charge in [0.05, 0.1) is 17.2 Å². The fraction of sp³-hybridized carbons (Fsp3) is 0.529. The summed E-state index contributed by atoms with van der Waals surface area (Å²) in [4.78, 5) is 24.3. The van der Waals surface area contributed by atoms with Crippen molar-refractivity contribution in [2.24, 2.45) is 0 Å². The summed E-state index contributed by atoms with van der Waals surface area (Å²) < 4.78 is 0. The number of thiazole rings is 1. The SMILES string of the molecule is Cc1ccc(CN2CC[C@@H]3[C@@H]2CC(=O)N3Cc2csc(C)n2)s1. The zero-order valence-corrected chi connectivity index (χ0v) is 15.1. The van der Waals surface area contributed by atoms with Gasteiger partial charge in [0.2, 0.25) is 5.91 Å². The van der Waals surface area contributed by atoms with Crippen LogP contribution in [0, 0.1) is 13.8 Å². The monoisotopic (exact) mass is 347 g/mol. The van der Waals surface area contributed by atoms with Gasteiger partial charge in [-0.15, -0.1) is 22.7 Å². The number of aryl methyl sites for hydroxylation is 2. The van der Waals surface area contributed by atoms with Crippen LogP contribution in [0.3, 0.4) is 0 Å². The molecule has 2 aliphatic rings. The molecule has 0 bridgehead atoms. The number of carbonyl (C=O) groups excluding carboxylic acids is 1. The van der Waals surface area contributed by atoms with Crippen molar-refractivity contribution in [3.05, 3.63) is 38.0 Å². The summed E-state index contributed by atoms with van der Waals surface area (Å²) in [6.07, 6.45) is 1.75. The second-order valence-corrected chi connectivity index (χ2v) is 8.92. The Labute approximate surface area is 144 Å². The minimum atomic E-state index is 0.290. The predicted molar refractivity (Wildman–Crippen MR) is 93.7 cm³/mol. The second-order valence-electron chi connectivity index (χ2n) is 6.49. The van der Waals surface area contributed by atoms with Gasteiger partial charge in [-0.1, -0.05) is 0 Å². The zero-order chi connectivity index (χ0) is 16.0. The zero-order valence-electron chi connectivity index (χ0n) is 13.5. The van der Waals surface area contributed by atoms with Gasteiger partial charge in [0.15, 0.2) is 0 Å². The van der Waals surface area contributed by atoms with Gasteiger partial charge in [0, 0.05) is 46.7 Å². The quantitative estimate of drug-likeness (QED) is 0.852. The van der Waals surface area contributed by atoms with E-state index in [0.717, 1.165) is 30.2 Å². The van der Waals surface area contributed by atoms with E-state index in [9.17, 15) is 4.79 Å². The van der Waals surface area contributed by atoms with Crippen LogP contribution in [0.4, 0.5) is 0 Å². The maximum Gasteiger partial charge on any atom is 0.224 e. The molecule has 0 unspecified atom stereocenters. The van der Waals surface area contributed by atoms with Crippen LogP contribution in [0.25, 0.3) is 0 Å². The highest BCUT2D eigenvalue weighted by molar-refractivity contribution is 7.11. The van der Waals surface area contributed by atoms with Crippen molar-refractivity contribution in [1.82, 2.24) is 14.8 Å². The lowest BCUT2D eigenvalue weighted by atomic mass is 10.1. The van der Waals surface area contributed by atoms with Gasteiger partial charge in [-0.3, -0.25) is 9.69 Å². The average Bonchev–Trinajstić information content (AvgIpc) is 3.24. The van der Waals surface area contributed by atoms with Crippen LogP contribution in [0.15, 0.2) is 17.5 Å². The van der Waals surface area contributed by atoms with Gasteiger partial charge in [0.1, 0.15) is 0 Å². The Morgan fingerprint density at radius 3 is 2.83 bits per heavy atom. The van der Waals surface area contributed by atoms with E-state index in [0.29, 0.717) is 25.0 Å². The highest BCUT2D eigenvalue weighted by atomic mass is 32.1. The molecule has 23 heavy (non-hydrogen) atoms. The molecule has 4 rings (SSSR count). The summed E-state index contributed by atoms with van der Waals surface area (Å²) in [7, 11) is 0. The fourth-order valence-electron chi connectivity index (χ4n) is 3.84. The molecular weight excluding hydrogens is 326 g/mol. The lowest BCUT2D eigenvalue weighted by Crippen LogP contribution is -2.36. The van der Waals surface area contributed by atoms with Crippen molar-refractivity contribution in [1.29, 1.82) is 0 Å². The van der Waals surface area contributed by atoms with Gasteiger partial charge >= 0.3 is 0 Å². The summed E-state index contributed by atoms with van der Waals surface area (Å²) >= 11 is 3.53. The molecule has 2 fully saturated rings. The first-order valence-electron chi connectivity index (χ1n) is 8.10. The van der Waals surface area contributed by atoms with E-state index in [-0.39, 0.29) is 5.91 Å². The molecule has 0 aromatic carbocycles. The molecule has 2 saturated heterocycles. The Morgan fingerprint density at radius 1 is 1.26 bits per heavy atom. The van der Waals surface area contributed by atoms with Crippen molar-refractivity contribution in [3.63, 3.8) is 0 Å². The topological polar surface area (TPSA) is 36.4 Å². The van der Waals surface area contributed by atoms with E-state index in [1.54, 1.807) is 11.3 Å². The first kappa shape index (κ1) is 15.3. The summed E-state index contributed by atoms with van der Waals surface area (Å²) in [6, 6.07) is 5.15. The summed E-state index contributed by atoms with van der Waals surface area (Å²) in [6.45, 7) is 6.92. The standard InChI is InChI=1S/C17H21N3OS2/c1-11-3-4-14(23-11)9-19-6-5-15-16(19)7-17(21)20(15)8-13-10-22-12(2)18-13/h3-4,10,15-16H,5-9H2,1-2H3/t15-,16+/m1/s1. The van der Waals surface area contributed by atoms with Crippen molar-refractivity contribution in [3.8, 4) is 0 Å². The molecule has 6 heteroatoms. The van der Waals surface area contributed by atoms with Crippen LogP contribution in [0.2, 0.25) is 0 Å². The molecule has 2 aromatic heterocycles. The molecular formula is C17H21N3OS2. The Bertz CT molecular complexity index is 723. The van der Waals surface area contributed by atoms with Gasteiger partial charge in [0.25, 0.3) is 0 Å². The number of aromatic nitrogens is 1. The minimum absolute atomic E-state index is 0.290. The molecule has 4 nitrogen and oxygen atoms in total. The second kappa shape index (κ2) is 6.00. The van der Waals surface area contributed by atoms with Crippen LogP contribution in [-0.2, 0) is 17.9 Å².